The van der Waals surface area contributed by atoms with Crippen LogP contribution in [0.2, 0.25) is 0 Å². The topological polar surface area (TPSA) is 67.9 Å². The van der Waals surface area contributed by atoms with Crippen LogP contribution in [0.25, 0.3) is 6.08 Å². The van der Waals surface area contributed by atoms with Gasteiger partial charge in [-0.25, -0.2) is 0 Å². The number of aryl methyl sites for hydroxylation is 1. The van der Waals surface area contributed by atoms with Gasteiger partial charge in [0.05, 0.1) is 17.1 Å². The molecular weight excluding hydrogens is 412 g/mol. The van der Waals surface area contributed by atoms with Gasteiger partial charge in [-0.1, -0.05) is 36.0 Å². The lowest BCUT2D eigenvalue weighted by atomic mass is 10.1. The maximum absolute atomic E-state index is 12.9. The molecule has 1 heterocycles. The summed E-state index contributed by atoms with van der Waals surface area (Å²) >= 11 is 1.42. The number of ether oxygens (including phenoxy) is 2. The smallest absolute Gasteiger partial charge is 0.264 e. The summed E-state index contributed by atoms with van der Waals surface area (Å²) in [6.45, 7) is 7.04. The number of hydrogen-bond donors (Lipinski definition) is 1. The zero-order valence-corrected chi connectivity index (χ0v) is 19.1. The second-order valence-electron chi connectivity index (χ2n) is 7.06. The van der Waals surface area contributed by atoms with Crippen LogP contribution < -0.4 is 10.2 Å². The van der Waals surface area contributed by atoms with E-state index in [1.807, 2.05) is 57.2 Å². The number of rotatable bonds is 8. The minimum atomic E-state index is -0.481. The number of benzene rings is 2. The van der Waals surface area contributed by atoms with E-state index in [0.29, 0.717) is 23.7 Å². The van der Waals surface area contributed by atoms with Gasteiger partial charge < -0.3 is 19.7 Å². The summed E-state index contributed by atoms with van der Waals surface area (Å²) in [6.07, 6.45) is 1.44. The van der Waals surface area contributed by atoms with Gasteiger partial charge in [-0.2, -0.15) is 0 Å². The highest BCUT2D eigenvalue weighted by Gasteiger charge is 2.27. The lowest BCUT2D eigenvalue weighted by Crippen LogP contribution is -2.35. The van der Waals surface area contributed by atoms with Crippen LogP contribution in [-0.2, 0) is 14.3 Å². The lowest BCUT2D eigenvalue weighted by Gasteiger charge is -2.27. The minimum absolute atomic E-state index is 0.0916. The fourth-order valence-corrected chi connectivity index (χ4v) is 4.32. The molecule has 2 aromatic rings. The van der Waals surface area contributed by atoms with Crippen LogP contribution in [0.15, 0.2) is 52.3 Å². The van der Waals surface area contributed by atoms with Crippen molar-refractivity contribution in [2.75, 3.05) is 31.7 Å². The van der Waals surface area contributed by atoms with Gasteiger partial charge in [-0.15, -0.1) is 0 Å². The van der Waals surface area contributed by atoms with Gasteiger partial charge in [0.1, 0.15) is 0 Å². The summed E-state index contributed by atoms with van der Waals surface area (Å²) in [5.74, 6) is -0.328. The predicted molar refractivity (Wildman–Crippen MR) is 124 cm³/mol. The van der Waals surface area contributed by atoms with Gasteiger partial charge in [0.25, 0.3) is 11.8 Å². The molecule has 1 aliphatic rings. The molecule has 0 aromatic heterocycles. The van der Waals surface area contributed by atoms with Gasteiger partial charge in [-0.3, -0.25) is 9.59 Å². The van der Waals surface area contributed by atoms with E-state index >= 15 is 0 Å². The van der Waals surface area contributed by atoms with E-state index in [2.05, 4.69) is 5.32 Å². The largest absolute Gasteiger partial charge is 0.351 e. The van der Waals surface area contributed by atoms with Crippen LogP contribution >= 0.6 is 11.8 Å². The molecule has 1 aliphatic heterocycles. The molecule has 0 aliphatic carbocycles. The Balaban J connectivity index is 1.77. The van der Waals surface area contributed by atoms with Crippen LogP contribution in [0.4, 0.5) is 5.69 Å². The molecule has 0 atom stereocenters. The molecule has 0 radical (unpaired) electrons. The molecule has 31 heavy (non-hydrogen) atoms. The maximum atomic E-state index is 12.9. The second kappa shape index (κ2) is 10.6. The highest BCUT2D eigenvalue weighted by Crippen LogP contribution is 2.42. The molecule has 164 valence electrons. The summed E-state index contributed by atoms with van der Waals surface area (Å²) in [5, 5.41) is 2.84. The number of nitrogens with one attached hydrogen (secondary N) is 1. The average Bonchev–Trinajstić information content (AvgIpc) is 2.77. The zero-order valence-electron chi connectivity index (χ0n) is 18.3. The summed E-state index contributed by atoms with van der Waals surface area (Å²) in [5.41, 5.74) is 3.33. The molecule has 0 bridgehead atoms. The summed E-state index contributed by atoms with van der Waals surface area (Å²) in [6, 6.07) is 13.4. The summed E-state index contributed by atoms with van der Waals surface area (Å²) < 4.78 is 10.9. The fraction of sp³-hybridized carbons (Fsp3) is 0.333. The number of anilines is 1. The van der Waals surface area contributed by atoms with Crippen molar-refractivity contribution in [3.8, 4) is 0 Å². The van der Waals surface area contributed by atoms with Gasteiger partial charge in [0.15, 0.2) is 6.29 Å². The number of likely N-dealkylation sites (N-methyl/N-ethyl adjacent to an activating group) is 1. The standard InChI is InChI=1S/C24H28N2O4S/c1-5-29-22(30-6-2)15-25-23(27)18-11-12-20-19(13-18)26(4)24(28)21(31-20)14-17-10-8-7-9-16(17)3/h7-14,22H,5-6,15H2,1-4H3,(H,25,27). The minimum Gasteiger partial charge on any atom is -0.351 e. The van der Waals surface area contributed by atoms with Crippen LogP contribution in [0.5, 0.6) is 0 Å². The normalized spacial score (nSPS) is 14.8. The molecule has 0 spiro atoms. The Morgan fingerprint density at radius 2 is 1.87 bits per heavy atom. The highest BCUT2D eigenvalue weighted by atomic mass is 32.2. The summed E-state index contributed by atoms with van der Waals surface area (Å²) in [7, 11) is 1.73. The molecule has 6 nitrogen and oxygen atoms in total. The van der Waals surface area contributed by atoms with Crippen LogP contribution in [0, 0.1) is 6.92 Å². The molecule has 0 saturated carbocycles. The van der Waals surface area contributed by atoms with Crippen molar-refractivity contribution in [3.63, 3.8) is 0 Å². The first kappa shape index (κ1) is 23.1. The van der Waals surface area contributed by atoms with Crippen molar-refractivity contribution in [2.45, 2.75) is 32.0 Å². The van der Waals surface area contributed by atoms with E-state index in [1.165, 1.54) is 11.8 Å². The molecular formula is C24H28N2O4S. The zero-order chi connectivity index (χ0) is 22.4. The van der Waals surface area contributed by atoms with Gasteiger partial charge in [-0.05, 0) is 56.2 Å². The second-order valence-corrected chi connectivity index (χ2v) is 8.15. The molecule has 0 saturated heterocycles. The molecule has 2 amide bonds. The van der Waals surface area contributed by atoms with E-state index in [9.17, 15) is 9.59 Å². The van der Waals surface area contributed by atoms with Crippen LogP contribution in [0.3, 0.4) is 0 Å². The molecule has 0 fully saturated rings. The van der Waals surface area contributed by atoms with E-state index < -0.39 is 6.29 Å². The number of hydrogen-bond acceptors (Lipinski definition) is 5. The maximum Gasteiger partial charge on any atom is 0.264 e. The Kier molecular flexibility index (Phi) is 7.90. The van der Waals surface area contributed by atoms with Crippen molar-refractivity contribution in [1.29, 1.82) is 0 Å². The van der Waals surface area contributed by atoms with Gasteiger partial charge in [0.2, 0.25) is 0 Å². The Bertz CT molecular complexity index is 983. The van der Waals surface area contributed by atoms with Gasteiger partial charge >= 0.3 is 0 Å². The number of carbonyl (C=O) groups is 2. The lowest BCUT2D eigenvalue weighted by molar-refractivity contribution is -0.131. The third-order valence-corrected chi connectivity index (χ3v) is 6.00. The van der Waals surface area contributed by atoms with Crippen LogP contribution in [-0.4, -0.2) is 44.9 Å². The molecule has 2 aromatic carbocycles. The Hall–Kier alpha value is -2.61. The van der Waals surface area contributed by atoms with Crippen LogP contribution in [0.1, 0.15) is 35.3 Å². The number of thioether (sulfide) groups is 1. The third-order valence-electron chi connectivity index (χ3n) is 4.93. The average molecular weight is 441 g/mol. The number of fused-ring (bicyclic) bond motifs is 1. The molecule has 1 N–H and O–H groups in total. The summed E-state index contributed by atoms with van der Waals surface area (Å²) in [4.78, 5) is 28.8. The van der Waals surface area contributed by atoms with E-state index in [-0.39, 0.29) is 18.4 Å². The quantitative estimate of drug-likeness (QED) is 0.491. The van der Waals surface area contributed by atoms with Crippen molar-refractivity contribution >= 4 is 35.3 Å². The van der Waals surface area contributed by atoms with E-state index in [1.54, 1.807) is 24.1 Å². The van der Waals surface area contributed by atoms with E-state index in [0.717, 1.165) is 21.7 Å². The number of nitrogens with zero attached hydrogens (tertiary/aromatic N) is 1. The third kappa shape index (κ3) is 5.55. The molecule has 3 rings (SSSR count). The van der Waals surface area contributed by atoms with Crippen molar-refractivity contribution < 1.29 is 19.1 Å². The van der Waals surface area contributed by atoms with Crippen molar-refractivity contribution in [1.82, 2.24) is 5.32 Å². The van der Waals surface area contributed by atoms with Crippen molar-refractivity contribution in [2.24, 2.45) is 0 Å². The fourth-order valence-electron chi connectivity index (χ4n) is 3.24. The highest BCUT2D eigenvalue weighted by molar-refractivity contribution is 8.04. The monoisotopic (exact) mass is 440 g/mol. The SMILES string of the molecule is CCOC(CNC(=O)c1ccc2c(c1)N(C)C(=O)C(=Cc1ccccc1C)S2)OCC. The molecule has 0 unspecified atom stereocenters. The predicted octanol–water partition coefficient (Wildman–Crippen LogP) is 4.23. The number of amides is 2. The Labute approximate surface area is 187 Å². The van der Waals surface area contributed by atoms with Crippen molar-refractivity contribution in [3.05, 3.63) is 64.1 Å². The first-order valence-electron chi connectivity index (χ1n) is 10.3. The molecule has 7 heteroatoms. The van der Waals surface area contributed by atoms with Gasteiger partial charge in [0, 0.05) is 30.7 Å². The number of carbonyl (C=O) groups excluding carboxylic acids is 2. The van der Waals surface area contributed by atoms with E-state index in [4.69, 9.17) is 9.47 Å². The first-order chi connectivity index (χ1) is 14.9. The first-order valence-corrected chi connectivity index (χ1v) is 11.1. The Morgan fingerprint density at radius 1 is 1.16 bits per heavy atom. The Morgan fingerprint density at radius 3 is 2.55 bits per heavy atom.